The minimum absolute atomic E-state index is 0.0262. The van der Waals surface area contributed by atoms with Crippen LogP contribution < -0.4 is 10.1 Å². The molecule has 6 nitrogen and oxygen atoms in total. The molecule has 30 heavy (non-hydrogen) atoms. The number of nitrogens with zero attached hydrogens (tertiary/aromatic N) is 3. The van der Waals surface area contributed by atoms with Gasteiger partial charge in [-0.3, -0.25) is 4.79 Å². The van der Waals surface area contributed by atoms with Crippen molar-refractivity contribution in [2.75, 3.05) is 11.9 Å². The monoisotopic (exact) mass is 416 g/mol. The molecule has 1 unspecified atom stereocenters. The van der Waals surface area contributed by atoms with Crippen molar-refractivity contribution >= 4 is 33.3 Å². The highest BCUT2D eigenvalue weighted by Crippen LogP contribution is 2.41. The number of carbonyl (C=O) groups is 1. The van der Waals surface area contributed by atoms with Gasteiger partial charge in [0.2, 0.25) is 11.0 Å². The normalized spacial score (nSPS) is 15.6. The second-order valence-electron chi connectivity index (χ2n) is 7.20. The number of carbonyl (C=O) groups excluding carboxylic acids is 1. The summed E-state index contributed by atoms with van der Waals surface area (Å²) in [6.07, 6.45) is 2.09. The summed E-state index contributed by atoms with van der Waals surface area (Å²) in [7, 11) is 0. The smallest absolute Gasteiger partial charge is 0.226 e. The number of hydrogen-bond acceptors (Lipinski definition) is 5. The van der Waals surface area contributed by atoms with Crippen LogP contribution in [0, 0.1) is 6.92 Å². The maximum absolute atomic E-state index is 12.6. The first-order valence-electron chi connectivity index (χ1n) is 9.73. The Labute approximate surface area is 177 Å². The van der Waals surface area contributed by atoms with Gasteiger partial charge in [-0.2, -0.15) is 9.78 Å². The van der Waals surface area contributed by atoms with Gasteiger partial charge in [0.25, 0.3) is 0 Å². The van der Waals surface area contributed by atoms with Gasteiger partial charge in [-0.05, 0) is 36.8 Å². The van der Waals surface area contributed by atoms with E-state index in [0.29, 0.717) is 18.8 Å². The van der Waals surface area contributed by atoms with Crippen LogP contribution >= 0.6 is 11.3 Å². The Hall–Kier alpha value is -3.45. The number of nitrogens with one attached hydrogen (secondary N) is 1. The van der Waals surface area contributed by atoms with Crippen LogP contribution in [0.15, 0.2) is 61.2 Å². The number of amides is 1. The zero-order valence-electron chi connectivity index (χ0n) is 16.5. The molecule has 2 aromatic carbocycles. The Kier molecular flexibility index (Phi) is 4.59. The van der Waals surface area contributed by atoms with Crippen LogP contribution in [-0.4, -0.2) is 27.3 Å². The highest BCUT2D eigenvalue weighted by molar-refractivity contribution is 7.20. The highest BCUT2D eigenvalue weighted by atomic mass is 32.1. The Morgan fingerprint density at radius 1 is 1.27 bits per heavy atom. The first-order chi connectivity index (χ1) is 14.6. The Morgan fingerprint density at radius 2 is 2.07 bits per heavy atom. The van der Waals surface area contributed by atoms with Crippen molar-refractivity contribution in [3.8, 4) is 10.9 Å². The largest absolute Gasteiger partial charge is 0.490 e. The molecule has 4 aromatic rings. The zero-order chi connectivity index (χ0) is 20.7. The summed E-state index contributed by atoms with van der Waals surface area (Å²) in [6, 6.07) is 15.9. The number of para-hydroxylation sites is 1. The number of hydrogen-bond donors (Lipinski definition) is 1. The summed E-state index contributed by atoms with van der Waals surface area (Å²) in [6.45, 7) is 6.11. The molecule has 7 heteroatoms. The van der Waals surface area contributed by atoms with Crippen molar-refractivity contribution in [3.63, 3.8) is 0 Å². The molecular weight excluding hydrogens is 396 g/mol. The molecule has 3 heterocycles. The summed E-state index contributed by atoms with van der Waals surface area (Å²) in [5, 5.41) is 8.51. The van der Waals surface area contributed by atoms with Gasteiger partial charge in [0.05, 0.1) is 15.9 Å². The van der Waals surface area contributed by atoms with Gasteiger partial charge in [-0.15, -0.1) is 0 Å². The third kappa shape index (κ3) is 3.17. The summed E-state index contributed by atoms with van der Waals surface area (Å²) in [5.74, 6) is 1.40. The fourth-order valence-electron chi connectivity index (χ4n) is 3.87. The van der Waals surface area contributed by atoms with Gasteiger partial charge >= 0.3 is 0 Å². The van der Waals surface area contributed by atoms with Gasteiger partial charge in [0.15, 0.2) is 0 Å². The summed E-state index contributed by atoms with van der Waals surface area (Å²) in [5.41, 5.74) is 3.91. The Bertz CT molecular complexity index is 1220. The lowest BCUT2D eigenvalue weighted by Crippen LogP contribution is -2.24. The van der Waals surface area contributed by atoms with Crippen molar-refractivity contribution in [3.05, 3.63) is 78.0 Å². The van der Waals surface area contributed by atoms with Gasteiger partial charge in [-0.1, -0.05) is 48.3 Å². The van der Waals surface area contributed by atoms with Gasteiger partial charge in [0, 0.05) is 17.9 Å². The number of thiazole rings is 1. The van der Waals surface area contributed by atoms with Crippen molar-refractivity contribution in [1.29, 1.82) is 0 Å². The number of aryl methyl sites for hydroxylation is 1. The molecule has 5 rings (SSSR count). The SMILES string of the molecule is C=CCOc1ccc(C2CC(=O)Nc3c2c(C)nn3-c2nc3ccccc3s2)cc1. The summed E-state index contributed by atoms with van der Waals surface area (Å²) < 4.78 is 8.43. The fraction of sp³-hybridized carbons (Fsp3) is 0.174. The highest BCUT2D eigenvalue weighted by Gasteiger charge is 2.33. The predicted molar refractivity (Wildman–Crippen MR) is 119 cm³/mol. The zero-order valence-corrected chi connectivity index (χ0v) is 17.3. The number of aromatic nitrogens is 3. The van der Waals surface area contributed by atoms with E-state index in [-0.39, 0.29) is 11.8 Å². The molecule has 150 valence electrons. The molecule has 1 amide bonds. The Morgan fingerprint density at radius 3 is 2.83 bits per heavy atom. The molecular formula is C23H20N4O2S. The number of ether oxygens (including phenoxy) is 1. The number of rotatable bonds is 5. The van der Waals surface area contributed by atoms with Crippen LogP contribution in [0.2, 0.25) is 0 Å². The van der Waals surface area contributed by atoms with E-state index in [9.17, 15) is 4.79 Å². The third-order valence-corrected chi connectivity index (χ3v) is 6.23. The van der Waals surface area contributed by atoms with E-state index in [2.05, 4.69) is 11.9 Å². The first kappa shape index (κ1) is 18.6. The number of anilines is 1. The molecule has 2 aromatic heterocycles. The molecule has 0 spiro atoms. The maximum atomic E-state index is 12.6. The lowest BCUT2D eigenvalue weighted by atomic mass is 9.86. The summed E-state index contributed by atoms with van der Waals surface area (Å²) >= 11 is 1.56. The maximum Gasteiger partial charge on any atom is 0.226 e. The van der Waals surface area contributed by atoms with Crippen LogP contribution in [0.1, 0.15) is 29.2 Å². The quantitative estimate of drug-likeness (QED) is 0.473. The van der Waals surface area contributed by atoms with Gasteiger partial charge < -0.3 is 10.1 Å². The topological polar surface area (TPSA) is 69.0 Å². The van der Waals surface area contributed by atoms with Crippen LogP contribution in [0.4, 0.5) is 5.82 Å². The molecule has 0 fully saturated rings. The molecule has 0 saturated carbocycles. The standard InChI is InChI=1S/C23H20N4O2S/c1-3-12-29-16-10-8-15(9-11-16)17-13-20(28)25-22-21(17)14(2)26-27(22)23-24-18-6-4-5-7-19(18)30-23/h3-11,17H,1,12-13H2,2H3,(H,25,28). The van der Waals surface area contributed by atoms with E-state index < -0.39 is 0 Å². The van der Waals surface area contributed by atoms with Crippen LogP contribution in [0.5, 0.6) is 5.75 Å². The average molecular weight is 417 g/mol. The van der Waals surface area contributed by atoms with Gasteiger partial charge in [0.1, 0.15) is 18.2 Å². The van der Waals surface area contributed by atoms with E-state index in [0.717, 1.165) is 37.9 Å². The molecule has 1 atom stereocenters. The third-order valence-electron chi connectivity index (χ3n) is 5.22. The van der Waals surface area contributed by atoms with E-state index in [1.165, 1.54) is 0 Å². The fourth-order valence-corrected chi connectivity index (χ4v) is 4.80. The lowest BCUT2D eigenvalue weighted by molar-refractivity contribution is -0.116. The summed E-state index contributed by atoms with van der Waals surface area (Å²) in [4.78, 5) is 17.3. The van der Waals surface area contributed by atoms with Crippen LogP contribution in [0.3, 0.4) is 0 Å². The van der Waals surface area contributed by atoms with Crippen molar-refractivity contribution < 1.29 is 9.53 Å². The van der Waals surface area contributed by atoms with Crippen LogP contribution in [-0.2, 0) is 4.79 Å². The van der Waals surface area contributed by atoms with Crippen molar-refractivity contribution in [1.82, 2.24) is 14.8 Å². The van der Waals surface area contributed by atoms with Crippen molar-refractivity contribution in [2.45, 2.75) is 19.3 Å². The molecule has 0 radical (unpaired) electrons. The minimum Gasteiger partial charge on any atom is -0.490 e. The molecule has 0 saturated heterocycles. The minimum atomic E-state index is -0.0645. The van der Waals surface area contributed by atoms with Gasteiger partial charge in [-0.25, -0.2) is 4.98 Å². The Balaban J connectivity index is 1.57. The molecule has 0 aliphatic carbocycles. The molecule has 0 bridgehead atoms. The van der Waals surface area contributed by atoms with Crippen molar-refractivity contribution in [2.24, 2.45) is 0 Å². The second-order valence-corrected chi connectivity index (χ2v) is 8.21. The molecule has 1 aliphatic rings. The van der Waals surface area contributed by atoms with Crippen LogP contribution in [0.25, 0.3) is 15.3 Å². The molecule has 1 N–H and O–H groups in total. The van der Waals surface area contributed by atoms with E-state index >= 15 is 0 Å². The average Bonchev–Trinajstić information content (AvgIpc) is 3.33. The van der Waals surface area contributed by atoms with E-state index in [4.69, 9.17) is 14.8 Å². The lowest BCUT2D eigenvalue weighted by Gasteiger charge is -2.24. The van der Waals surface area contributed by atoms with E-state index in [1.807, 2.05) is 55.5 Å². The number of benzene rings is 2. The first-order valence-corrected chi connectivity index (χ1v) is 10.5. The molecule has 1 aliphatic heterocycles. The number of fused-ring (bicyclic) bond motifs is 2. The van der Waals surface area contributed by atoms with E-state index in [1.54, 1.807) is 22.1 Å². The predicted octanol–water partition coefficient (Wildman–Crippen LogP) is 4.83. The second kappa shape index (κ2) is 7.42.